The first-order valence-corrected chi connectivity index (χ1v) is 11.6. The first-order valence-electron chi connectivity index (χ1n) is 11.6. The zero-order valence-electron chi connectivity index (χ0n) is 19.0. The van der Waals surface area contributed by atoms with E-state index < -0.39 is 0 Å². The van der Waals surface area contributed by atoms with Crippen LogP contribution in [0.15, 0.2) is 29.3 Å². The van der Waals surface area contributed by atoms with Gasteiger partial charge in [0, 0.05) is 52.4 Å². The lowest BCUT2D eigenvalue weighted by molar-refractivity contribution is 0.0827. The Morgan fingerprint density at radius 3 is 2.47 bits per heavy atom. The fourth-order valence-electron chi connectivity index (χ4n) is 4.71. The first kappa shape index (κ1) is 22.6. The van der Waals surface area contributed by atoms with E-state index in [9.17, 15) is 4.79 Å². The highest BCUT2D eigenvalue weighted by Gasteiger charge is 2.27. The lowest BCUT2D eigenvalue weighted by Gasteiger charge is -2.31. The minimum absolute atomic E-state index is 0.0290. The molecule has 2 aliphatic rings. The summed E-state index contributed by atoms with van der Waals surface area (Å²) in [5, 5.41) is 6.93. The van der Waals surface area contributed by atoms with Crippen molar-refractivity contribution in [2.45, 2.75) is 57.5 Å². The van der Waals surface area contributed by atoms with Crippen LogP contribution in [-0.4, -0.2) is 68.5 Å². The van der Waals surface area contributed by atoms with Gasteiger partial charge in [-0.25, -0.2) is 0 Å². The monoisotopic (exact) mass is 413 g/mol. The van der Waals surface area contributed by atoms with Crippen LogP contribution in [0.25, 0.3) is 0 Å². The second-order valence-corrected chi connectivity index (χ2v) is 9.00. The van der Waals surface area contributed by atoms with Crippen LogP contribution in [0.5, 0.6) is 0 Å². The molecule has 0 radical (unpaired) electrons. The number of guanidine groups is 1. The quantitative estimate of drug-likeness (QED) is 0.533. The standard InChI is InChI=1S/C24H39N5O/c1-25-24(26-16-19-11-13-21(14-12-19)23(30)28(2)3)27-17-22-10-7-15-29(22)18-20-8-5-4-6-9-20/h11-14,20,22H,4-10,15-18H2,1-3H3,(H2,25,26,27). The third kappa shape index (κ3) is 6.46. The molecule has 166 valence electrons. The Balaban J connectivity index is 1.43. The average Bonchev–Trinajstić information content (AvgIpc) is 3.21. The molecule has 6 heteroatoms. The molecule has 1 atom stereocenters. The van der Waals surface area contributed by atoms with Gasteiger partial charge in [-0.3, -0.25) is 14.7 Å². The molecule has 1 aliphatic heterocycles. The fourth-order valence-corrected chi connectivity index (χ4v) is 4.71. The molecule has 1 amide bonds. The van der Waals surface area contributed by atoms with Crippen molar-refractivity contribution in [2.24, 2.45) is 10.9 Å². The molecule has 1 saturated heterocycles. The van der Waals surface area contributed by atoms with Crippen LogP contribution in [0.3, 0.4) is 0 Å². The predicted octanol–water partition coefficient (Wildman–Crippen LogP) is 3.10. The van der Waals surface area contributed by atoms with Crippen LogP contribution in [0.4, 0.5) is 0 Å². The molecule has 30 heavy (non-hydrogen) atoms. The van der Waals surface area contributed by atoms with E-state index in [1.807, 2.05) is 31.3 Å². The lowest BCUT2D eigenvalue weighted by atomic mass is 9.89. The van der Waals surface area contributed by atoms with Crippen LogP contribution in [0.2, 0.25) is 0 Å². The molecule has 1 aliphatic carbocycles. The Labute approximate surface area is 182 Å². The van der Waals surface area contributed by atoms with E-state index in [1.54, 1.807) is 19.0 Å². The summed E-state index contributed by atoms with van der Waals surface area (Å²) >= 11 is 0. The molecule has 1 aromatic rings. The molecule has 3 rings (SSSR count). The van der Waals surface area contributed by atoms with E-state index in [0.29, 0.717) is 18.2 Å². The summed E-state index contributed by atoms with van der Waals surface area (Å²) in [6.07, 6.45) is 9.68. The first-order chi connectivity index (χ1) is 14.6. The van der Waals surface area contributed by atoms with Crippen molar-refractivity contribution in [1.29, 1.82) is 0 Å². The Bertz CT molecular complexity index is 694. The van der Waals surface area contributed by atoms with Gasteiger partial charge in [0.15, 0.2) is 5.96 Å². The summed E-state index contributed by atoms with van der Waals surface area (Å²) in [5.74, 6) is 1.77. The van der Waals surface area contributed by atoms with Gasteiger partial charge in [0.05, 0.1) is 0 Å². The average molecular weight is 414 g/mol. The number of carbonyl (C=O) groups is 1. The van der Waals surface area contributed by atoms with E-state index in [2.05, 4.69) is 20.5 Å². The molecule has 6 nitrogen and oxygen atoms in total. The molecule has 0 spiro atoms. The largest absolute Gasteiger partial charge is 0.355 e. The number of rotatable bonds is 7. The molecule has 1 heterocycles. The summed E-state index contributed by atoms with van der Waals surface area (Å²) < 4.78 is 0. The van der Waals surface area contributed by atoms with Gasteiger partial charge in [0.2, 0.25) is 0 Å². The van der Waals surface area contributed by atoms with Gasteiger partial charge < -0.3 is 15.5 Å². The van der Waals surface area contributed by atoms with Gasteiger partial charge in [0.1, 0.15) is 0 Å². The van der Waals surface area contributed by atoms with Crippen LogP contribution in [-0.2, 0) is 6.54 Å². The number of likely N-dealkylation sites (tertiary alicyclic amines) is 1. The summed E-state index contributed by atoms with van der Waals surface area (Å²) in [7, 11) is 5.37. The van der Waals surface area contributed by atoms with E-state index in [-0.39, 0.29) is 5.91 Å². The summed E-state index contributed by atoms with van der Waals surface area (Å²) in [6, 6.07) is 8.38. The zero-order chi connectivity index (χ0) is 21.3. The molecule has 1 unspecified atom stereocenters. The Morgan fingerprint density at radius 1 is 1.07 bits per heavy atom. The second kappa shape index (κ2) is 11.3. The van der Waals surface area contributed by atoms with Crippen molar-refractivity contribution in [1.82, 2.24) is 20.4 Å². The van der Waals surface area contributed by atoms with E-state index in [4.69, 9.17) is 0 Å². The van der Waals surface area contributed by atoms with Gasteiger partial charge in [-0.1, -0.05) is 31.4 Å². The number of nitrogens with one attached hydrogen (secondary N) is 2. The van der Waals surface area contributed by atoms with Crippen LogP contribution in [0.1, 0.15) is 60.9 Å². The summed E-state index contributed by atoms with van der Waals surface area (Å²) in [5.41, 5.74) is 1.85. The number of hydrogen-bond acceptors (Lipinski definition) is 3. The molecular formula is C24H39N5O. The maximum atomic E-state index is 12.0. The normalized spacial score (nSPS) is 20.9. The molecule has 1 aromatic carbocycles. The molecule has 0 aromatic heterocycles. The number of carbonyl (C=O) groups excluding carboxylic acids is 1. The highest BCUT2D eigenvalue weighted by Crippen LogP contribution is 2.27. The van der Waals surface area contributed by atoms with Gasteiger partial charge >= 0.3 is 0 Å². The second-order valence-electron chi connectivity index (χ2n) is 9.00. The summed E-state index contributed by atoms with van der Waals surface area (Å²) in [6.45, 7) is 4.15. The minimum Gasteiger partial charge on any atom is -0.355 e. The maximum Gasteiger partial charge on any atom is 0.253 e. The molecule has 2 fully saturated rings. The molecular weight excluding hydrogens is 374 g/mol. The highest BCUT2D eigenvalue weighted by molar-refractivity contribution is 5.93. The number of amides is 1. The van der Waals surface area contributed by atoms with Crippen molar-refractivity contribution >= 4 is 11.9 Å². The van der Waals surface area contributed by atoms with Gasteiger partial charge in [0.25, 0.3) is 5.91 Å². The van der Waals surface area contributed by atoms with Crippen LogP contribution in [0, 0.1) is 5.92 Å². The molecule has 0 bridgehead atoms. The topological polar surface area (TPSA) is 60.0 Å². The number of benzene rings is 1. The minimum atomic E-state index is 0.0290. The van der Waals surface area contributed by atoms with Crippen molar-refractivity contribution in [2.75, 3.05) is 40.8 Å². The Kier molecular flexibility index (Phi) is 8.55. The van der Waals surface area contributed by atoms with Gasteiger partial charge in [-0.15, -0.1) is 0 Å². The smallest absolute Gasteiger partial charge is 0.253 e. The third-order valence-electron chi connectivity index (χ3n) is 6.51. The number of nitrogens with zero attached hydrogens (tertiary/aromatic N) is 3. The Hall–Kier alpha value is -2.08. The zero-order valence-corrected chi connectivity index (χ0v) is 19.0. The van der Waals surface area contributed by atoms with Crippen molar-refractivity contribution in [3.63, 3.8) is 0 Å². The van der Waals surface area contributed by atoms with E-state index in [0.717, 1.165) is 24.0 Å². The summed E-state index contributed by atoms with van der Waals surface area (Å²) in [4.78, 5) is 20.7. The lowest BCUT2D eigenvalue weighted by Crippen LogP contribution is -2.45. The van der Waals surface area contributed by atoms with E-state index >= 15 is 0 Å². The molecule has 2 N–H and O–H groups in total. The van der Waals surface area contributed by atoms with Gasteiger partial charge in [-0.05, 0) is 55.8 Å². The molecule has 1 saturated carbocycles. The van der Waals surface area contributed by atoms with E-state index in [1.165, 1.54) is 58.0 Å². The maximum absolute atomic E-state index is 12.0. The van der Waals surface area contributed by atoms with Crippen LogP contribution >= 0.6 is 0 Å². The van der Waals surface area contributed by atoms with Gasteiger partial charge in [-0.2, -0.15) is 0 Å². The number of hydrogen-bond donors (Lipinski definition) is 2. The highest BCUT2D eigenvalue weighted by atomic mass is 16.2. The Morgan fingerprint density at radius 2 is 1.80 bits per heavy atom. The number of aliphatic imine (C=N–C) groups is 1. The van der Waals surface area contributed by atoms with Crippen molar-refractivity contribution < 1.29 is 4.79 Å². The fraction of sp³-hybridized carbons (Fsp3) is 0.667. The van der Waals surface area contributed by atoms with Crippen LogP contribution < -0.4 is 10.6 Å². The predicted molar refractivity (Wildman–Crippen MR) is 124 cm³/mol. The van der Waals surface area contributed by atoms with Crippen molar-refractivity contribution in [3.05, 3.63) is 35.4 Å². The van der Waals surface area contributed by atoms with Crippen molar-refractivity contribution in [3.8, 4) is 0 Å². The third-order valence-corrected chi connectivity index (χ3v) is 6.51. The SMILES string of the molecule is CN=C(NCc1ccc(C(=O)N(C)C)cc1)NCC1CCCN1CC1CCCCC1.